The molecule has 1 rings (SSSR count). The summed E-state index contributed by atoms with van der Waals surface area (Å²) in [5.74, 6) is 2.67. The molecule has 1 aliphatic heterocycles. The van der Waals surface area contributed by atoms with E-state index in [1.54, 1.807) is 0 Å². The van der Waals surface area contributed by atoms with E-state index in [1.807, 2.05) is 13.8 Å². The molecule has 0 spiro atoms. The fourth-order valence-electron chi connectivity index (χ4n) is 1.69. The lowest BCUT2D eigenvalue weighted by Crippen LogP contribution is -2.32. The first-order chi connectivity index (χ1) is 5.93. The molecule has 1 fully saturated rings. The van der Waals surface area contributed by atoms with Gasteiger partial charge < -0.3 is 9.05 Å². The third kappa shape index (κ3) is 2.34. The molecule has 13 heavy (non-hydrogen) atoms. The predicted molar refractivity (Wildman–Crippen MR) is 51.6 cm³/mol. The maximum absolute atomic E-state index is 11.8. The Morgan fingerprint density at radius 2 is 2.38 bits per heavy atom. The molecular formula is C9H15O3P. The summed E-state index contributed by atoms with van der Waals surface area (Å²) >= 11 is 0. The zero-order chi connectivity index (χ0) is 10.1. The summed E-state index contributed by atoms with van der Waals surface area (Å²) in [7, 11) is -1.53. The molecule has 0 aromatic rings. The predicted octanol–water partition coefficient (Wildman–Crippen LogP) is 2.27. The van der Waals surface area contributed by atoms with Crippen LogP contribution in [0.5, 0.6) is 0 Å². The van der Waals surface area contributed by atoms with Gasteiger partial charge in [0.1, 0.15) is 0 Å². The van der Waals surface area contributed by atoms with E-state index in [9.17, 15) is 4.57 Å². The van der Waals surface area contributed by atoms with Crippen molar-refractivity contribution >= 4 is 7.60 Å². The van der Waals surface area contributed by atoms with E-state index < -0.39 is 7.60 Å². The fourth-order valence-corrected chi connectivity index (χ4v) is 3.68. The fraction of sp³-hybridized carbons (Fsp3) is 0.778. The monoisotopic (exact) mass is 202 g/mol. The molecule has 3 unspecified atom stereocenters. The van der Waals surface area contributed by atoms with E-state index in [0.29, 0.717) is 6.16 Å². The van der Waals surface area contributed by atoms with E-state index in [2.05, 4.69) is 5.92 Å². The first-order valence-corrected chi connectivity index (χ1v) is 5.97. The van der Waals surface area contributed by atoms with Gasteiger partial charge in [-0.1, -0.05) is 5.92 Å². The van der Waals surface area contributed by atoms with Crippen molar-refractivity contribution in [2.45, 2.75) is 26.4 Å². The van der Waals surface area contributed by atoms with Gasteiger partial charge in [-0.25, -0.2) is 0 Å². The lowest BCUT2D eigenvalue weighted by Gasteiger charge is -2.36. The number of hydrogen-bond acceptors (Lipinski definition) is 3. The van der Waals surface area contributed by atoms with Gasteiger partial charge in [0.2, 0.25) is 0 Å². The van der Waals surface area contributed by atoms with Crippen LogP contribution in [0.2, 0.25) is 0 Å². The van der Waals surface area contributed by atoms with Gasteiger partial charge in [-0.2, -0.15) is 0 Å². The Hall–Kier alpha value is -0.290. The zero-order valence-electron chi connectivity index (χ0n) is 8.24. The van der Waals surface area contributed by atoms with Crippen LogP contribution in [-0.2, 0) is 13.6 Å². The topological polar surface area (TPSA) is 35.5 Å². The minimum absolute atomic E-state index is 0.0967. The van der Waals surface area contributed by atoms with Gasteiger partial charge in [0.25, 0.3) is 0 Å². The second-order valence-corrected chi connectivity index (χ2v) is 5.89. The molecule has 1 aliphatic rings. The van der Waals surface area contributed by atoms with Crippen molar-refractivity contribution in [1.82, 2.24) is 0 Å². The van der Waals surface area contributed by atoms with Crippen LogP contribution in [0.1, 0.15) is 20.3 Å². The summed E-state index contributed by atoms with van der Waals surface area (Å²) in [6.07, 6.45) is 6.35. The van der Waals surface area contributed by atoms with Crippen molar-refractivity contribution in [3.05, 3.63) is 0 Å². The lowest BCUT2D eigenvalue weighted by molar-refractivity contribution is 0.112. The summed E-state index contributed by atoms with van der Waals surface area (Å²) < 4.78 is 22.0. The molecule has 3 atom stereocenters. The number of hydrogen-bond donors (Lipinski definition) is 0. The summed E-state index contributed by atoms with van der Waals surface area (Å²) in [6.45, 7) is 3.78. The second kappa shape index (κ2) is 3.46. The zero-order valence-corrected chi connectivity index (χ0v) is 9.14. The summed E-state index contributed by atoms with van der Waals surface area (Å²) in [5, 5.41) is 0. The smallest absolute Gasteiger partial charge is 0.312 e. The standard InChI is InChI=1S/C9H15O3P/c1-5-9(3)6-8(2)12-13(10,7-9)11-4/h1,8H,6-7H2,2-4H3. The molecule has 0 aromatic carbocycles. The first kappa shape index (κ1) is 10.8. The van der Waals surface area contributed by atoms with Crippen LogP contribution in [0, 0.1) is 17.8 Å². The molecular weight excluding hydrogens is 187 g/mol. The van der Waals surface area contributed by atoms with Crippen LogP contribution in [0.4, 0.5) is 0 Å². The van der Waals surface area contributed by atoms with Gasteiger partial charge in [0.15, 0.2) is 0 Å². The van der Waals surface area contributed by atoms with Crippen molar-refractivity contribution in [3.8, 4) is 12.3 Å². The molecule has 0 bridgehead atoms. The Morgan fingerprint density at radius 3 is 2.85 bits per heavy atom. The highest BCUT2D eigenvalue weighted by molar-refractivity contribution is 7.54. The number of terminal acetylenes is 1. The van der Waals surface area contributed by atoms with Crippen molar-refractivity contribution in [1.29, 1.82) is 0 Å². The summed E-state index contributed by atoms with van der Waals surface area (Å²) in [5.41, 5.74) is -0.358. The minimum atomic E-state index is -2.93. The quantitative estimate of drug-likeness (QED) is 0.483. The Kier molecular flexibility index (Phi) is 2.87. The van der Waals surface area contributed by atoms with Gasteiger partial charge in [-0.3, -0.25) is 4.57 Å². The summed E-state index contributed by atoms with van der Waals surface area (Å²) in [6, 6.07) is 0. The lowest BCUT2D eigenvalue weighted by atomic mass is 9.88. The van der Waals surface area contributed by atoms with Crippen LogP contribution in [0.3, 0.4) is 0 Å². The van der Waals surface area contributed by atoms with E-state index in [1.165, 1.54) is 7.11 Å². The van der Waals surface area contributed by atoms with E-state index in [-0.39, 0.29) is 11.5 Å². The van der Waals surface area contributed by atoms with E-state index in [4.69, 9.17) is 15.5 Å². The molecule has 0 aromatic heterocycles. The molecule has 0 saturated carbocycles. The Morgan fingerprint density at radius 1 is 1.77 bits per heavy atom. The van der Waals surface area contributed by atoms with Crippen molar-refractivity contribution in [3.63, 3.8) is 0 Å². The summed E-state index contributed by atoms with van der Waals surface area (Å²) in [4.78, 5) is 0. The highest BCUT2D eigenvalue weighted by atomic mass is 31.2. The van der Waals surface area contributed by atoms with Crippen LogP contribution in [0.15, 0.2) is 0 Å². The molecule has 0 N–H and O–H groups in total. The van der Waals surface area contributed by atoms with Crippen LogP contribution in [0.25, 0.3) is 0 Å². The average Bonchev–Trinajstić information content (AvgIpc) is 2.02. The minimum Gasteiger partial charge on any atom is -0.312 e. The van der Waals surface area contributed by atoms with Crippen molar-refractivity contribution in [2.24, 2.45) is 5.41 Å². The largest absolute Gasteiger partial charge is 0.332 e. The normalized spacial score (nSPS) is 45.5. The van der Waals surface area contributed by atoms with Crippen molar-refractivity contribution < 1.29 is 13.6 Å². The van der Waals surface area contributed by atoms with Gasteiger partial charge in [-0.15, -0.1) is 6.42 Å². The molecule has 74 valence electrons. The molecule has 1 heterocycles. The SMILES string of the molecule is C#CC1(C)CC(C)OP(=O)(OC)C1. The van der Waals surface area contributed by atoms with Crippen LogP contribution < -0.4 is 0 Å². The molecule has 1 saturated heterocycles. The molecule has 0 amide bonds. The highest BCUT2D eigenvalue weighted by Crippen LogP contribution is 2.57. The average molecular weight is 202 g/mol. The van der Waals surface area contributed by atoms with Gasteiger partial charge in [0, 0.05) is 12.5 Å². The number of rotatable bonds is 1. The van der Waals surface area contributed by atoms with Gasteiger partial charge >= 0.3 is 7.60 Å². The maximum atomic E-state index is 11.8. The molecule has 3 nitrogen and oxygen atoms in total. The Bertz CT molecular complexity index is 281. The van der Waals surface area contributed by atoms with E-state index in [0.717, 1.165) is 6.42 Å². The maximum Gasteiger partial charge on any atom is 0.332 e. The van der Waals surface area contributed by atoms with Gasteiger partial charge in [-0.05, 0) is 20.3 Å². The molecule has 4 heteroatoms. The second-order valence-electron chi connectivity index (χ2n) is 3.78. The van der Waals surface area contributed by atoms with Gasteiger partial charge in [0.05, 0.1) is 12.3 Å². The van der Waals surface area contributed by atoms with E-state index >= 15 is 0 Å². The van der Waals surface area contributed by atoms with Crippen LogP contribution >= 0.6 is 7.60 Å². The highest BCUT2D eigenvalue weighted by Gasteiger charge is 2.42. The first-order valence-electron chi connectivity index (χ1n) is 4.24. The Labute approximate surface area is 79.3 Å². The third-order valence-electron chi connectivity index (χ3n) is 2.25. The molecule has 0 aliphatic carbocycles. The van der Waals surface area contributed by atoms with Crippen molar-refractivity contribution in [2.75, 3.05) is 13.3 Å². The molecule has 0 radical (unpaired) electrons. The Balaban J connectivity index is 2.88. The van der Waals surface area contributed by atoms with Crippen LogP contribution in [-0.4, -0.2) is 19.4 Å². The third-order valence-corrected chi connectivity index (χ3v) is 4.57.